The van der Waals surface area contributed by atoms with Gasteiger partial charge in [0.25, 0.3) is 5.91 Å². The number of hydrogen-bond acceptors (Lipinski definition) is 5. The number of carbonyl (C=O) groups is 2. The molecule has 2 aromatic carbocycles. The van der Waals surface area contributed by atoms with Crippen molar-refractivity contribution >= 4 is 38.9 Å². The van der Waals surface area contributed by atoms with Crippen LogP contribution in [0.4, 0.5) is 18.9 Å². The van der Waals surface area contributed by atoms with E-state index in [4.69, 9.17) is 11.6 Å². The van der Waals surface area contributed by atoms with Gasteiger partial charge in [0.05, 0.1) is 27.2 Å². The van der Waals surface area contributed by atoms with Gasteiger partial charge in [0.1, 0.15) is 0 Å². The quantitative estimate of drug-likeness (QED) is 0.322. The van der Waals surface area contributed by atoms with Crippen LogP contribution in [0.2, 0.25) is 5.02 Å². The summed E-state index contributed by atoms with van der Waals surface area (Å²) in [5.74, 6) is -6.73. The molecule has 3 N–H and O–H groups in total. The van der Waals surface area contributed by atoms with Crippen LogP contribution in [0, 0.1) is 29.3 Å². The Kier molecular flexibility index (Phi) is 7.92. The summed E-state index contributed by atoms with van der Waals surface area (Å²) < 4.78 is 67.5. The third-order valence-electron chi connectivity index (χ3n) is 7.44. The van der Waals surface area contributed by atoms with E-state index in [0.29, 0.717) is 25.0 Å². The maximum Gasteiger partial charge on any atom is 0.255 e. The number of fused-ring (bicyclic) bond motifs is 2. The molecule has 0 aliphatic heterocycles. The summed E-state index contributed by atoms with van der Waals surface area (Å²) in [4.78, 5) is 24.7. The molecular formula is C26H26ClF3N2O5S. The zero-order valence-corrected chi connectivity index (χ0v) is 21.7. The molecule has 204 valence electrons. The van der Waals surface area contributed by atoms with Crippen molar-refractivity contribution in [2.75, 3.05) is 11.9 Å². The fourth-order valence-electron chi connectivity index (χ4n) is 5.53. The van der Waals surface area contributed by atoms with Crippen molar-refractivity contribution in [3.63, 3.8) is 0 Å². The van der Waals surface area contributed by atoms with Gasteiger partial charge in [0.15, 0.2) is 27.3 Å². The molecule has 7 nitrogen and oxygen atoms in total. The predicted molar refractivity (Wildman–Crippen MR) is 135 cm³/mol. The third-order valence-corrected chi connectivity index (χ3v) is 10.1. The molecule has 0 saturated heterocycles. The lowest BCUT2D eigenvalue weighted by Crippen LogP contribution is -2.50. The molecular weight excluding hydrogens is 545 g/mol. The standard InChI is InChI=1S/C26H26ClF3N2O5S/c1-2-7-31-23(33)13-26(35)15-4-5-16(26)10-18(9-15)38(36,37)22-8-14(3-6-19(22)27)25(34)32-17-11-20(28)24(30)21(29)12-17/h2-3,6,8,11-12,15-16,18,35H,1,4-5,7,9-10,13H2,(H,31,33)(H,32,34)/t15-,16?,18-,26-/m0/s1. The van der Waals surface area contributed by atoms with Gasteiger partial charge in [-0.05, 0) is 55.7 Å². The average Bonchev–Trinajstić information content (AvgIpc) is 3.01. The van der Waals surface area contributed by atoms with E-state index < -0.39 is 55.9 Å². The van der Waals surface area contributed by atoms with Crippen LogP contribution in [0.5, 0.6) is 0 Å². The van der Waals surface area contributed by atoms with Crippen molar-refractivity contribution in [1.29, 1.82) is 0 Å². The van der Waals surface area contributed by atoms with Gasteiger partial charge in [0, 0.05) is 29.9 Å². The molecule has 2 aromatic rings. The Bertz CT molecular complexity index is 1360. The van der Waals surface area contributed by atoms with E-state index in [0.717, 1.165) is 6.07 Å². The van der Waals surface area contributed by atoms with Crippen molar-refractivity contribution in [2.24, 2.45) is 11.8 Å². The molecule has 2 saturated carbocycles. The smallest absolute Gasteiger partial charge is 0.255 e. The number of benzene rings is 2. The summed E-state index contributed by atoms with van der Waals surface area (Å²) >= 11 is 6.22. The Morgan fingerprint density at radius 1 is 1.11 bits per heavy atom. The van der Waals surface area contributed by atoms with Crippen LogP contribution >= 0.6 is 11.6 Å². The minimum Gasteiger partial charge on any atom is -0.389 e. The van der Waals surface area contributed by atoms with Crippen LogP contribution in [-0.2, 0) is 14.6 Å². The highest BCUT2D eigenvalue weighted by atomic mass is 35.5. The number of rotatable bonds is 8. The van der Waals surface area contributed by atoms with Gasteiger partial charge < -0.3 is 15.7 Å². The highest BCUT2D eigenvalue weighted by molar-refractivity contribution is 7.92. The SMILES string of the molecule is C=CCNC(=O)C[C@@]1(O)C2CC[C@H]1C[C@H](S(=O)(=O)c1cc(C(=O)Nc3cc(F)c(F)c(F)c3)ccc1Cl)C2. The molecule has 4 rings (SSSR count). The normalized spacial score (nSPS) is 24.6. The first-order valence-corrected chi connectivity index (χ1v) is 13.9. The van der Waals surface area contributed by atoms with Crippen LogP contribution in [0.1, 0.15) is 42.5 Å². The van der Waals surface area contributed by atoms with Gasteiger partial charge in [0.2, 0.25) is 5.91 Å². The van der Waals surface area contributed by atoms with Gasteiger partial charge in [-0.25, -0.2) is 21.6 Å². The molecule has 2 amide bonds. The summed E-state index contributed by atoms with van der Waals surface area (Å²) in [7, 11) is -4.07. The van der Waals surface area contributed by atoms with Crippen molar-refractivity contribution in [3.8, 4) is 0 Å². The Labute approximate surface area is 223 Å². The van der Waals surface area contributed by atoms with Gasteiger partial charge in [-0.15, -0.1) is 6.58 Å². The topological polar surface area (TPSA) is 113 Å². The first-order chi connectivity index (χ1) is 17.9. The molecule has 0 heterocycles. The monoisotopic (exact) mass is 570 g/mol. The molecule has 0 spiro atoms. The van der Waals surface area contributed by atoms with Crippen LogP contribution in [0.3, 0.4) is 0 Å². The number of aliphatic hydroxyl groups is 1. The average molecular weight is 571 g/mol. The fourth-order valence-corrected chi connectivity index (χ4v) is 7.93. The summed E-state index contributed by atoms with van der Waals surface area (Å²) in [6.07, 6.45) is 2.76. The molecule has 4 atom stereocenters. The summed E-state index contributed by atoms with van der Waals surface area (Å²) in [5, 5.41) is 15.2. The van der Waals surface area contributed by atoms with E-state index in [9.17, 15) is 36.3 Å². The van der Waals surface area contributed by atoms with Gasteiger partial charge in [-0.2, -0.15) is 0 Å². The predicted octanol–water partition coefficient (Wildman–Crippen LogP) is 4.40. The molecule has 12 heteroatoms. The number of halogens is 4. The summed E-state index contributed by atoms with van der Waals surface area (Å²) in [6, 6.07) is 4.75. The number of amides is 2. The van der Waals surface area contributed by atoms with E-state index in [1.807, 2.05) is 0 Å². The fraction of sp³-hybridized carbons (Fsp3) is 0.385. The van der Waals surface area contributed by atoms with Crippen LogP contribution in [0.15, 0.2) is 47.9 Å². The number of sulfone groups is 1. The summed E-state index contributed by atoms with van der Waals surface area (Å²) in [5.41, 5.74) is -1.82. The van der Waals surface area contributed by atoms with Crippen LogP contribution < -0.4 is 10.6 Å². The number of hydrogen-bond donors (Lipinski definition) is 3. The maximum absolute atomic E-state index is 13.6. The highest BCUT2D eigenvalue weighted by Crippen LogP contribution is 2.53. The Hall–Kier alpha value is -2.89. The first-order valence-electron chi connectivity index (χ1n) is 12.0. The van der Waals surface area contributed by atoms with Crippen molar-refractivity contribution in [2.45, 2.75) is 47.9 Å². The second-order valence-corrected chi connectivity index (χ2v) is 12.3. The zero-order valence-electron chi connectivity index (χ0n) is 20.1. The number of carbonyl (C=O) groups excluding carboxylic acids is 2. The van der Waals surface area contributed by atoms with E-state index >= 15 is 0 Å². The van der Waals surface area contributed by atoms with Gasteiger partial charge in [-0.3, -0.25) is 9.59 Å². The molecule has 38 heavy (non-hydrogen) atoms. The van der Waals surface area contributed by atoms with Crippen molar-refractivity contribution in [1.82, 2.24) is 5.32 Å². The Balaban J connectivity index is 1.54. The first kappa shape index (κ1) is 28.1. The lowest BCUT2D eigenvalue weighted by atomic mass is 9.72. The zero-order chi connectivity index (χ0) is 27.8. The largest absolute Gasteiger partial charge is 0.389 e. The lowest BCUT2D eigenvalue weighted by molar-refractivity contribution is -0.132. The molecule has 2 bridgehead atoms. The van der Waals surface area contributed by atoms with E-state index in [-0.39, 0.29) is 52.9 Å². The van der Waals surface area contributed by atoms with Crippen LogP contribution in [-0.4, -0.2) is 42.7 Å². The minimum atomic E-state index is -4.07. The molecule has 2 aliphatic carbocycles. The Morgan fingerprint density at radius 2 is 1.71 bits per heavy atom. The molecule has 0 radical (unpaired) electrons. The van der Waals surface area contributed by atoms with Gasteiger partial charge >= 0.3 is 0 Å². The third kappa shape index (κ3) is 5.32. The molecule has 2 fully saturated rings. The maximum atomic E-state index is 13.6. The second-order valence-electron chi connectivity index (χ2n) is 9.72. The molecule has 2 aliphatic rings. The Morgan fingerprint density at radius 3 is 2.29 bits per heavy atom. The van der Waals surface area contributed by atoms with E-state index in [1.165, 1.54) is 18.2 Å². The summed E-state index contributed by atoms with van der Waals surface area (Å²) in [6.45, 7) is 3.79. The van der Waals surface area contributed by atoms with E-state index in [1.54, 1.807) is 0 Å². The van der Waals surface area contributed by atoms with Crippen molar-refractivity contribution in [3.05, 3.63) is 71.0 Å². The second kappa shape index (κ2) is 10.7. The number of nitrogens with one attached hydrogen (secondary N) is 2. The number of anilines is 1. The molecule has 1 unspecified atom stereocenters. The van der Waals surface area contributed by atoms with Gasteiger partial charge in [-0.1, -0.05) is 17.7 Å². The van der Waals surface area contributed by atoms with E-state index in [2.05, 4.69) is 17.2 Å². The van der Waals surface area contributed by atoms with Crippen LogP contribution in [0.25, 0.3) is 0 Å². The van der Waals surface area contributed by atoms with Crippen molar-refractivity contribution < 1.29 is 36.3 Å². The molecule has 0 aromatic heterocycles. The lowest BCUT2D eigenvalue weighted by Gasteiger charge is -2.42. The minimum absolute atomic E-state index is 0.114. The highest BCUT2D eigenvalue weighted by Gasteiger charge is 2.56.